The van der Waals surface area contributed by atoms with Gasteiger partial charge in [-0.3, -0.25) is 0 Å². The summed E-state index contributed by atoms with van der Waals surface area (Å²) in [5.41, 5.74) is 3.12. The molecule has 4 nitrogen and oxygen atoms in total. The molecule has 0 unspecified atom stereocenters. The third kappa shape index (κ3) is 3.58. The van der Waals surface area contributed by atoms with Gasteiger partial charge in [0.1, 0.15) is 0 Å². The summed E-state index contributed by atoms with van der Waals surface area (Å²) in [6.07, 6.45) is 3.84. The second-order valence-electron chi connectivity index (χ2n) is 4.86. The number of nitrogens with one attached hydrogen (secondary N) is 1. The number of hydrogen-bond acceptors (Lipinski definition) is 3. The van der Waals surface area contributed by atoms with Crippen LogP contribution in [0.1, 0.15) is 37.2 Å². The first-order valence-corrected chi connectivity index (χ1v) is 7.44. The summed E-state index contributed by atoms with van der Waals surface area (Å²) in [5.74, 6) is 0.827. The molecule has 0 bridgehead atoms. The zero-order valence-corrected chi connectivity index (χ0v) is 13.0. The van der Waals surface area contributed by atoms with Crippen LogP contribution in [0.3, 0.4) is 0 Å². The summed E-state index contributed by atoms with van der Waals surface area (Å²) >= 11 is 6.07. The molecule has 2 aromatic rings. The van der Waals surface area contributed by atoms with Crippen molar-refractivity contribution in [1.82, 2.24) is 20.1 Å². The number of nitrogens with zero attached hydrogens (tertiary/aromatic N) is 3. The van der Waals surface area contributed by atoms with Crippen LogP contribution in [-0.4, -0.2) is 21.3 Å². The molecule has 0 radical (unpaired) electrons. The van der Waals surface area contributed by atoms with E-state index in [9.17, 15) is 0 Å². The van der Waals surface area contributed by atoms with Crippen molar-refractivity contribution >= 4 is 11.6 Å². The molecule has 108 valence electrons. The van der Waals surface area contributed by atoms with E-state index in [4.69, 9.17) is 11.6 Å². The molecule has 0 aromatic carbocycles. The Hall–Kier alpha value is -1.39. The van der Waals surface area contributed by atoms with E-state index in [1.807, 2.05) is 13.1 Å². The molecule has 1 N–H and O–H groups in total. The van der Waals surface area contributed by atoms with E-state index >= 15 is 0 Å². The third-order valence-corrected chi connectivity index (χ3v) is 3.49. The van der Waals surface area contributed by atoms with Crippen LogP contribution in [0, 0.1) is 6.92 Å². The minimum atomic E-state index is 0.666. The van der Waals surface area contributed by atoms with Crippen LogP contribution in [0.25, 0.3) is 5.82 Å². The molecule has 0 aliphatic heterocycles. The lowest BCUT2D eigenvalue weighted by Gasteiger charge is -2.09. The molecule has 0 aliphatic rings. The summed E-state index contributed by atoms with van der Waals surface area (Å²) in [6, 6.07) is 4.20. The molecule has 0 atom stereocenters. The molecule has 0 spiro atoms. The van der Waals surface area contributed by atoms with Crippen LogP contribution >= 0.6 is 11.6 Å². The zero-order chi connectivity index (χ0) is 14.5. The summed E-state index contributed by atoms with van der Waals surface area (Å²) in [5, 5.41) is 8.48. The Bertz CT molecular complexity index is 558. The first-order valence-electron chi connectivity index (χ1n) is 7.06. The van der Waals surface area contributed by atoms with Crippen LogP contribution in [0.5, 0.6) is 0 Å². The number of pyridine rings is 1. The normalized spacial score (nSPS) is 11.0. The van der Waals surface area contributed by atoms with Crippen molar-refractivity contribution < 1.29 is 0 Å². The van der Waals surface area contributed by atoms with E-state index < -0.39 is 0 Å². The highest BCUT2D eigenvalue weighted by atomic mass is 35.5. The molecule has 5 heteroatoms. The van der Waals surface area contributed by atoms with E-state index in [0.717, 1.165) is 43.1 Å². The first kappa shape index (κ1) is 15.0. The van der Waals surface area contributed by atoms with E-state index in [2.05, 4.69) is 41.4 Å². The van der Waals surface area contributed by atoms with Crippen molar-refractivity contribution in [3.8, 4) is 5.82 Å². The van der Waals surface area contributed by atoms with E-state index in [-0.39, 0.29) is 0 Å². The SMILES string of the molecule is CCCNCc1cc(CC)nc(-n2cc(Cl)c(C)n2)c1. The summed E-state index contributed by atoms with van der Waals surface area (Å²) in [6.45, 7) is 8.04. The number of aryl methyl sites for hydroxylation is 2. The quantitative estimate of drug-likeness (QED) is 0.831. The van der Waals surface area contributed by atoms with Crippen molar-refractivity contribution in [3.05, 3.63) is 40.3 Å². The second-order valence-corrected chi connectivity index (χ2v) is 5.27. The second kappa shape index (κ2) is 6.86. The van der Waals surface area contributed by atoms with Crippen molar-refractivity contribution in [1.29, 1.82) is 0 Å². The topological polar surface area (TPSA) is 42.7 Å². The van der Waals surface area contributed by atoms with Crippen LogP contribution in [0.4, 0.5) is 0 Å². The van der Waals surface area contributed by atoms with Gasteiger partial charge in [0.2, 0.25) is 0 Å². The molecule has 2 aromatic heterocycles. The highest BCUT2D eigenvalue weighted by Crippen LogP contribution is 2.17. The monoisotopic (exact) mass is 292 g/mol. The van der Waals surface area contributed by atoms with E-state index in [1.54, 1.807) is 4.68 Å². The van der Waals surface area contributed by atoms with Crippen LogP contribution in [-0.2, 0) is 13.0 Å². The fourth-order valence-corrected chi connectivity index (χ4v) is 2.13. The maximum atomic E-state index is 6.07. The van der Waals surface area contributed by atoms with Gasteiger partial charge in [-0.1, -0.05) is 25.4 Å². The molecular formula is C15H21ClN4. The van der Waals surface area contributed by atoms with Crippen molar-refractivity contribution in [2.24, 2.45) is 0 Å². The van der Waals surface area contributed by atoms with Gasteiger partial charge in [-0.05, 0) is 44.0 Å². The van der Waals surface area contributed by atoms with Crippen molar-refractivity contribution in [2.75, 3.05) is 6.54 Å². The third-order valence-electron chi connectivity index (χ3n) is 3.12. The lowest BCUT2D eigenvalue weighted by atomic mass is 10.2. The molecule has 2 heterocycles. The van der Waals surface area contributed by atoms with Crippen molar-refractivity contribution in [3.63, 3.8) is 0 Å². The first-order chi connectivity index (χ1) is 9.63. The van der Waals surface area contributed by atoms with Gasteiger partial charge in [0.05, 0.1) is 16.9 Å². The van der Waals surface area contributed by atoms with Gasteiger partial charge in [-0.15, -0.1) is 0 Å². The fourth-order valence-electron chi connectivity index (χ4n) is 2.00. The predicted molar refractivity (Wildman–Crippen MR) is 82.5 cm³/mol. The fraction of sp³-hybridized carbons (Fsp3) is 0.467. The number of aromatic nitrogens is 3. The standard InChI is InChI=1S/C15H21ClN4/c1-4-6-17-9-12-7-13(5-2)18-15(8-12)20-10-14(16)11(3)19-20/h7-8,10,17H,4-6,9H2,1-3H3. The Morgan fingerprint density at radius 2 is 2.10 bits per heavy atom. The molecule has 2 rings (SSSR count). The minimum absolute atomic E-state index is 0.666. The van der Waals surface area contributed by atoms with Gasteiger partial charge in [0, 0.05) is 12.2 Å². The summed E-state index contributed by atoms with van der Waals surface area (Å²) in [7, 11) is 0. The predicted octanol–water partition coefficient (Wildman–Crippen LogP) is 3.29. The summed E-state index contributed by atoms with van der Waals surface area (Å²) < 4.78 is 1.75. The molecule has 0 amide bonds. The highest BCUT2D eigenvalue weighted by Gasteiger charge is 2.08. The van der Waals surface area contributed by atoms with Gasteiger partial charge in [0.25, 0.3) is 0 Å². The van der Waals surface area contributed by atoms with E-state index in [1.165, 1.54) is 5.56 Å². The molecule has 0 aliphatic carbocycles. The molecule has 20 heavy (non-hydrogen) atoms. The Morgan fingerprint density at radius 1 is 1.30 bits per heavy atom. The van der Waals surface area contributed by atoms with Gasteiger partial charge in [0.15, 0.2) is 5.82 Å². The van der Waals surface area contributed by atoms with E-state index in [0.29, 0.717) is 5.02 Å². The van der Waals surface area contributed by atoms with Gasteiger partial charge in [-0.25, -0.2) is 9.67 Å². The Morgan fingerprint density at radius 3 is 2.70 bits per heavy atom. The number of rotatable bonds is 6. The lowest BCUT2D eigenvalue weighted by molar-refractivity contribution is 0.672. The number of hydrogen-bond donors (Lipinski definition) is 1. The maximum absolute atomic E-state index is 6.07. The van der Waals surface area contributed by atoms with Crippen LogP contribution < -0.4 is 5.32 Å². The Balaban J connectivity index is 2.29. The molecular weight excluding hydrogens is 272 g/mol. The van der Waals surface area contributed by atoms with Crippen LogP contribution in [0.15, 0.2) is 18.3 Å². The molecule has 0 saturated heterocycles. The minimum Gasteiger partial charge on any atom is -0.313 e. The Labute approximate surface area is 125 Å². The zero-order valence-electron chi connectivity index (χ0n) is 12.3. The summed E-state index contributed by atoms with van der Waals surface area (Å²) in [4.78, 5) is 4.62. The largest absolute Gasteiger partial charge is 0.313 e. The molecule has 0 saturated carbocycles. The molecule has 0 fully saturated rings. The van der Waals surface area contributed by atoms with Gasteiger partial charge >= 0.3 is 0 Å². The lowest BCUT2D eigenvalue weighted by Crippen LogP contribution is -2.15. The number of halogens is 1. The van der Waals surface area contributed by atoms with Gasteiger partial charge in [-0.2, -0.15) is 5.10 Å². The Kier molecular flexibility index (Phi) is 5.15. The average molecular weight is 293 g/mol. The maximum Gasteiger partial charge on any atom is 0.153 e. The van der Waals surface area contributed by atoms with Crippen molar-refractivity contribution in [2.45, 2.75) is 40.2 Å². The smallest absolute Gasteiger partial charge is 0.153 e. The van der Waals surface area contributed by atoms with Crippen LogP contribution in [0.2, 0.25) is 5.02 Å². The van der Waals surface area contributed by atoms with Gasteiger partial charge < -0.3 is 5.32 Å². The highest BCUT2D eigenvalue weighted by molar-refractivity contribution is 6.31. The average Bonchev–Trinajstić information content (AvgIpc) is 2.79.